The SMILES string of the molecule is CS(=O)(=O)Nc1cc(C(O)CNCCOc2ccc3c(C4CCC4)[nH]nc3c2)ccc1Cl. The summed E-state index contributed by atoms with van der Waals surface area (Å²) in [5.41, 5.74) is 2.93. The van der Waals surface area contributed by atoms with Crippen LogP contribution in [-0.4, -0.2) is 49.7 Å². The Morgan fingerprint density at radius 1 is 1.28 bits per heavy atom. The molecule has 2 aromatic carbocycles. The third-order valence-electron chi connectivity index (χ3n) is 5.63. The lowest BCUT2D eigenvalue weighted by Gasteiger charge is -2.24. The molecule has 1 fully saturated rings. The van der Waals surface area contributed by atoms with Crippen molar-refractivity contribution in [3.63, 3.8) is 0 Å². The number of aromatic nitrogens is 2. The summed E-state index contributed by atoms with van der Waals surface area (Å²) in [4.78, 5) is 0. The van der Waals surface area contributed by atoms with Crippen LogP contribution in [0.1, 0.15) is 42.5 Å². The number of H-pyrrole nitrogens is 1. The smallest absolute Gasteiger partial charge is 0.229 e. The van der Waals surface area contributed by atoms with Crippen molar-refractivity contribution in [2.75, 3.05) is 30.7 Å². The van der Waals surface area contributed by atoms with Gasteiger partial charge in [0.05, 0.1) is 28.6 Å². The fourth-order valence-corrected chi connectivity index (χ4v) is 4.53. The zero-order valence-electron chi connectivity index (χ0n) is 17.8. The maximum absolute atomic E-state index is 11.5. The standard InChI is InChI=1S/C22H27ClN4O4S/c1-32(29,30)27-20-11-15(5-8-18(20)23)21(28)13-24-9-10-31-16-6-7-17-19(12-16)25-26-22(17)14-3-2-4-14/h5-8,11-12,14,21,24,27-28H,2-4,9-10,13H2,1H3,(H,25,26). The molecule has 10 heteroatoms. The molecule has 0 bridgehead atoms. The first-order valence-corrected chi connectivity index (χ1v) is 12.8. The second-order valence-electron chi connectivity index (χ2n) is 8.13. The van der Waals surface area contributed by atoms with Gasteiger partial charge >= 0.3 is 0 Å². The van der Waals surface area contributed by atoms with Crippen molar-refractivity contribution in [1.82, 2.24) is 15.5 Å². The number of ether oxygens (including phenoxy) is 1. The van der Waals surface area contributed by atoms with E-state index in [2.05, 4.69) is 26.3 Å². The topological polar surface area (TPSA) is 116 Å². The van der Waals surface area contributed by atoms with Crippen LogP contribution in [0.5, 0.6) is 5.75 Å². The molecular formula is C22H27ClN4O4S. The van der Waals surface area contributed by atoms with Gasteiger partial charge in [-0.2, -0.15) is 5.10 Å². The average molecular weight is 479 g/mol. The molecule has 8 nitrogen and oxygen atoms in total. The number of aliphatic hydroxyl groups is 1. The molecule has 1 heterocycles. The predicted octanol–water partition coefficient (Wildman–Crippen LogP) is 3.56. The molecule has 0 radical (unpaired) electrons. The summed E-state index contributed by atoms with van der Waals surface area (Å²) < 4.78 is 31.1. The summed E-state index contributed by atoms with van der Waals surface area (Å²) in [7, 11) is -3.46. The van der Waals surface area contributed by atoms with Crippen LogP contribution in [0.4, 0.5) is 5.69 Å². The molecule has 0 spiro atoms. The molecule has 0 saturated heterocycles. The number of aliphatic hydroxyl groups excluding tert-OH is 1. The lowest BCUT2D eigenvalue weighted by molar-refractivity contribution is 0.172. The van der Waals surface area contributed by atoms with Crippen molar-refractivity contribution in [3.05, 3.63) is 52.7 Å². The van der Waals surface area contributed by atoms with Gasteiger partial charge in [-0.05, 0) is 42.7 Å². The van der Waals surface area contributed by atoms with E-state index >= 15 is 0 Å². The van der Waals surface area contributed by atoms with E-state index in [1.807, 2.05) is 12.1 Å². The Labute approximate surface area is 192 Å². The van der Waals surface area contributed by atoms with Gasteiger partial charge in [-0.15, -0.1) is 0 Å². The molecule has 1 aliphatic carbocycles. The molecule has 1 saturated carbocycles. The van der Waals surface area contributed by atoms with E-state index in [-0.39, 0.29) is 17.3 Å². The Hall–Kier alpha value is -2.33. The number of fused-ring (bicyclic) bond motifs is 1. The van der Waals surface area contributed by atoms with Crippen molar-refractivity contribution < 1.29 is 18.3 Å². The van der Waals surface area contributed by atoms with Gasteiger partial charge in [0.1, 0.15) is 12.4 Å². The zero-order chi connectivity index (χ0) is 22.7. The fraction of sp³-hybridized carbons (Fsp3) is 0.409. The summed E-state index contributed by atoms with van der Waals surface area (Å²) in [5, 5.41) is 22.6. The van der Waals surface area contributed by atoms with Crippen molar-refractivity contribution >= 4 is 38.2 Å². The van der Waals surface area contributed by atoms with Gasteiger partial charge in [0.2, 0.25) is 10.0 Å². The number of hydrogen-bond acceptors (Lipinski definition) is 6. The number of aromatic amines is 1. The second-order valence-corrected chi connectivity index (χ2v) is 10.3. The first-order valence-electron chi connectivity index (χ1n) is 10.6. The van der Waals surface area contributed by atoms with Crippen molar-refractivity contribution in [2.24, 2.45) is 0 Å². The van der Waals surface area contributed by atoms with Gasteiger partial charge < -0.3 is 15.2 Å². The number of rotatable bonds is 10. The average Bonchev–Trinajstić information content (AvgIpc) is 3.10. The maximum Gasteiger partial charge on any atom is 0.229 e. The molecule has 4 rings (SSSR count). The minimum Gasteiger partial charge on any atom is -0.492 e. The van der Waals surface area contributed by atoms with Crippen LogP contribution < -0.4 is 14.8 Å². The van der Waals surface area contributed by atoms with E-state index in [1.165, 1.54) is 31.0 Å². The zero-order valence-corrected chi connectivity index (χ0v) is 19.3. The summed E-state index contributed by atoms with van der Waals surface area (Å²) in [5.74, 6) is 1.35. The Bertz CT molecular complexity index is 1190. The highest BCUT2D eigenvalue weighted by molar-refractivity contribution is 7.92. The van der Waals surface area contributed by atoms with Crippen molar-refractivity contribution in [2.45, 2.75) is 31.3 Å². The highest BCUT2D eigenvalue weighted by Gasteiger charge is 2.23. The minimum absolute atomic E-state index is 0.239. The van der Waals surface area contributed by atoms with Crippen LogP contribution in [-0.2, 0) is 10.0 Å². The van der Waals surface area contributed by atoms with Gasteiger partial charge in [-0.1, -0.05) is 24.1 Å². The summed E-state index contributed by atoms with van der Waals surface area (Å²) in [6.45, 7) is 1.25. The second kappa shape index (κ2) is 9.66. The highest BCUT2D eigenvalue weighted by atomic mass is 35.5. The van der Waals surface area contributed by atoms with Crippen LogP contribution in [0, 0.1) is 0 Å². The summed E-state index contributed by atoms with van der Waals surface area (Å²) in [6, 6.07) is 10.7. The molecule has 32 heavy (non-hydrogen) atoms. The summed E-state index contributed by atoms with van der Waals surface area (Å²) in [6.07, 6.45) is 3.95. The van der Waals surface area contributed by atoms with Crippen LogP contribution in [0.15, 0.2) is 36.4 Å². The Morgan fingerprint density at radius 3 is 2.81 bits per heavy atom. The highest BCUT2D eigenvalue weighted by Crippen LogP contribution is 2.38. The van der Waals surface area contributed by atoms with E-state index in [4.69, 9.17) is 16.3 Å². The first-order chi connectivity index (χ1) is 15.3. The Morgan fingerprint density at radius 2 is 2.09 bits per heavy atom. The van der Waals surface area contributed by atoms with Crippen LogP contribution in [0.3, 0.4) is 0 Å². The molecular weight excluding hydrogens is 452 g/mol. The van der Waals surface area contributed by atoms with Gasteiger partial charge in [-0.25, -0.2) is 8.42 Å². The monoisotopic (exact) mass is 478 g/mol. The molecule has 3 aromatic rings. The molecule has 4 N–H and O–H groups in total. The Kier molecular flexibility index (Phi) is 6.90. The number of hydrogen-bond donors (Lipinski definition) is 4. The molecule has 1 aromatic heterocycles. The van der Waals surface area contributed by atoms with Crippen LogP contribution in [0.25, 0.3) is 10.9 Å². The quantitative estimate of drug-likeness (QED) is 0.331. The molecule has 172 valence electrons. The van der Waals surface area contributed by atoms with Gasteiger partial charge in [0, 0.05) is 36.2 Å². The Balaban J connectivity index is 1.25. The lowest BCUT2D eigenvalue weighted by Crippen LogP contribution is -2.26. The van der Waals surface area contributed by atoms with Crippen LogP contribution in [0.2, 0.25) is 5.02 Å². The van der Waals surface area contributed by atoms with E-state index in [1.54, 1.807) is 12.1 Å². The van der Waals surface area contributed by atoms with E-state index < -0.39 is 16.1 Å². The van der Waals surface area contributed by atoms with Gasteiger partial charge in [0.25, 0.3) is 0 Å². The molecule has 1 unspecified atom stereocenters. The van der Waals surface area contributed by atoms with Gasteiger partial charge in [0.15, 0.2) is 0 Å². The molecule has 1 aliphatic rings. The van der Waals surface area contributed by atoms with Crippen molar-refractivity contribution in [1.29, 1.82) is 0 Å². The van der Waals surface area contributed by atoms with E-state index in [0.717, 1.165) is 22.9 Å². The largest absolute Gasteiger partial charge is 0.492 e. The lowest BCUT2D eigenvalue weighted by atomic mass is 9.82. The number of nitrogens with one attached hydrogen (secondary N) is 3. The number of sulfonamides is 1. The van der Waals surface area contributed by atoms with E-state index in [9.17, 15) is 13.5 Å². The molecule has 1 atom stereocenters. The molecule has 0 aliphatic heterocycles. The fourth-order valence-electron chi connectivity index (χ4n) is 3.74. The van der Waals surface area contributed by atoms with Crippen LogP contribution >= 0.6 is 11.6 Å². The number of nitrogens with zero attached hydrogens (tertiary/aromatic N) is 1. The van der Waals surface area contributed by atoms with Gasteiger partial charge in [-0.3, -0.25) is 9.82 Å². The first kappa shape index (κ1) is 22.8. The predicted molar refractivity (Wildman–Crippen MR) is 126 cm³/mol. The molecule has 0 amide bonds. The number of anilines is 1. The minimum atomic E-state index is -3.46. The number of benzene rings is 2. The van der Waals surface area contributed by atoms with E-state index in [0.29, 0.717) is 24.6 Å². The number of halogens is 1. The third kappa shape index (κ3) is 5.53. The summed E-state index contributed by atoms with van der Waals surface area (Å²) >= 11 is 6.03. The normalized spacial score (nSPS) is 15.5. The van der Waals surface area contributed by atoms with Crippen molar-refractivity contribution in [3.8, 4) is 5.75 Å². The maximum atomic E-state index is 11.5. The third-order valence-corrected chi connectivity index (χ3v) is 6.55.